The molecule has 0 fully saturated rings. The number of benzene rings is 5. The van der Waals surface area contributed by atoms with Crippen molar-refractivity contribution in [1.82, 2.24) is 0 Å². The van der Waals surface area contributed by atoms with Crippen molar-refractivity contribution in [3.8, 4) is 0 Å². The van der Waals surface area contributed by atoms with Crippen LogP contribution in [-0.2, 0) is 20.2 Å². The van der Waals surface area contributed by atoms with Gasteiger partial charge in [-0.1, -0.05) is 46.8 Å². The third kappa shape index (κ3) is 7.31. The van der Waals surface area contributed by atoms with E-state index >= 15 is 0 Å². The maximum Gasteiger partial charge on any atom is 0.294 e. The number of rotatable bonds is 8. The SMILES string of the molecule is O=S(=O)(O)c1ccc2c(N=NNc3ccc(NN=Nc4cccc5cc(S(=O)(=O)O)ccc45)cc3)cccc2c1.[Na]. The van der Waals surface area contributed by atoms with E-state index in [9.17, 15) is 25.9 Å². The van der Waals surface area contributed by atoms with E-state index in [2.05, 4.69) is 31.5 Å². The van der Waals surface area contributed by atoms with E-state index in [1.807, 2.05) is 0 Å². The number of nitrogens with one attached hydrogen (secondary N) is 2. The van der Waals surface area contributed by atoms with Crippen molar-refractivity contribution in [2.24, 2.45) is 20.7 Å². The summed E-state index contributed by atoms with van der Waals surface area (Å²) in [5.41, 5.74) is 7.94. The van der Waals surface area contributed by atoms with Gasteiger partial charge in [-0.05, 0) is 71.4 Å². The Morgan fingerprint density at radius 2 is 0.927 bits per heavy atom. The molecular weight excluding hydrogens is 579 g/mol. The van der Waals surface area contributed by atoms with Crippen molar-refractivity contribution >= 4 is 94.1 Å². The molecule has 1 radical (unpaired) electrons. The van der Waals surface area contributed by atoms with Crippen LogP contribution in [0.5, 0.6) is 0 Å². The molecule has 0 heterocycles. The first-order valence-electron chi connectivity index (χ1n) is 11.5. The molecule has 203 valence electrons. The zero-order valence-electron chi connectivity index (χ0n) is 21.4. The van der Waals surface area contributed by atoms with Crippen LogP contribution >= 0.6 is 0 Å². The average Bonchev–Trinajstić information content (AvgIpc) is 2.92. The maximum atomic E-state index is 11.4. The quantitative estimate of drug-likeness (QED) is 0.0690. The summed E-state index contributed by atoms with van der Waals surface area (Å²) in [5, 5.41) is 18.9. The Morgan fingerprint density at radius 3 is 1.29 bits per heavy atom. The Labute approximate surface area is 257 Å². The van der Waals surface area contributed by atoms with Crippen LogP contribution in [0.3, 0.4) is 0 Å². The van der Waals surface area contributed by atoms with Crippen molar-refractivity contribution in [1.29, 1.82) is 0 Å². The van der Waals surface area contributed by atoms with Crippen LogP contribution in [-0.4, -0.2) is 55.5 Å². The summed E-state index contributed by atoms with van der Waals surface area (Å²) in [7, 11) is -8.62. The van der Waals surface area contributed by atoms with Crippen molar-refractivity contribution < 1.29 is 25.9 Å². The summed E-state index contributed by atoms with van der Waals surface area (Å²) in [4.78, 5) is -0.404. The van der Waals surface area contributed by atoms with Crippen LogP contribution in [0, 0.1) is 0 Å². The minimum Gasteiger partial charge on any atom is -0.282 e. The van der Waals surface area contributed by atoms with Crippen molar-refractivity contribution in [3.63, 3.8) is 0 Å². The molecule has 41 heavy (non-hydrogen) atoms. The average molecular weight is 600 g/mol. The first kappa shape index (κ1) is 30.2. The number of hydrogen-bond acceptors (Lipinski definition) is 8. The fourth-order valence-electron chi connectivity index (χ4n) is 3.88. The molecule has 15 heteroatoms. The zero-order valence-corrected chi connectivity index (χ0v) is 25.0. The van der Waals surface area contributed by atoms with Gasteiger partial charge < -0.3 is 0 Å². The Hall–Kier alpha value is -3.76. The molecule has 5 aromatic rings. The van der Waals surface area contributed by atoms with Crippen LogP contribution in [0.2, 0.25) is 0 Å². The van der Waals surface area contributed by atoms with E-state index < -0.39 is 20.2 Å². The molecule has 0 bridgehead atoms. The van der Waals surface area contributed by atoms with Gasteiger partial charge in [-0.25, -0.2) is 0 Å². The molecule has 0 unspecified atom stereocenters. The third-order valence-corrected chi connectivity index (χ3v) is 7.51. The van der Waals surface area contributed by atoms with Gasteiger partial charge in [0.05, 0.1) is 32.5 Å². The fourth-order valence-corrected chi connectivity index (χ4v) is 4.91. The molecular formula is C26H20N6NaO6S2. The van der Waals surface area contributed by atoms with Gasteiger partial charge in [0.1, 0.15) is 0 Å². The minimum absolute atomic E-state index is 0. The first-order chi connectivity index (χ1) is 19.1. The third-order valence-electron chi connectivity index (χ3n) is 5.81. The topological polar surface area (TPSA) is 182 Å². The van der Waals surface area contributed by atoms with Gasteiger partial charge in [-0.15, -0.1) is 10.2 Å². The zero-order chi connectivity index (χ0) is 28.3. The van der Waals surface area contributed by atoms with Crippen molar-refractivity contribution in [2.75, 3.05) is 10.9 Å². The summed E-state index contributed by atoms with van der Waals surface area (Å²) >= 11 is 0. The molecule has 0 saturated heterocycles. The first-order valence-corrected chi connectivity index (χ1v) is 14.4. The molecule has 0 aliphatic rings. The minimum atomic E-state index is -4.31. The van der Waals surface area contributed by atoms with Gasteiger partial charge in [0.25, 0.3) is 20.2 Å². The molecule has 0 atom stereocenters. The Morgan fingerprint density at radius 1 is 0.537 bits per heavy atom. The van der Waals surface area contributed by atoms with E-state index in [1.54, 1.807) is 72.8 Å². The molecule has 12 nitrogen and oxygen atoms in total. The molecule has 0 aromatic heterocycles. The number of nitrogens with zero attached hydrogens (tertiary/aromatic N) is 4. The van der Waals surface area contributed by atoms with Crippen molar-refractivity contribution in [3.05, 3.63) is 97.1 Å². The van der Waals surface area contributed by atoms with Crippen LogP contribution in [0.25, 0.3) is 21.5 Å². The maximum absolute atomic E-state index is 11.4. The molecule has 4 N–H and O–H groups in total. The standard InChI is InChI=1S/C26H20N6O6S2.Na/c33-39(34,35)21-11-13-23-17(15-21)3-1-5-25(23)29-31-27-19-7-9-20(10-8-19)28-32-30-26-6-2-4-18-16-22(40(36,37)38)12-14-24(18)26;/h1-16H,(H,27,29)(H,28,30)(H,33,34,35)(H,36,37,38);. The monoisotopic (exact) mass is 599 g/mol. The van der Waals surface area contributed by atoms with E-state index in [-0.39, 0.29) is 39.3 Å². The van der Waals surface area contributed by atoms with Crippen LogP contribution in [0.1, 0.15) is 0 Å². The molecule has 0 amide bonds. The second-order valence-electron chi connectivity index (χ2n) is 8.47. The molecule has 0 spiro atoms. The van der Waals surface area contributed by atoms with E-state index in [1.165, 1.54) is 24.3 Å². The smallest absolute Gasteiger partial charge is 0.282 e. The van der Waals surface area contributed by atoms with Crippen molar-refractivity contribution in [2.45, 2.75) is 9.79 Å². The number of fused-ring (bicyclic) bond motifs is 2. The summed E-state index contributed by atoms with van der Waals surface area (Å²) in [5.74, 6) is 0. The fraction of sp³-hybridized carbons (Fsp3) is 0. The van der Waals surface area contributed by atoms with E-state index in [0.29, 0.717) is 44.3 Å². The molecule has 0 aliphatic heterocycles. The van der Waals surface area contributed by atoms with Gasteiger partial charge in [-0.2, -0.15) is 16.8 Å². The van der Waals surface area contributed by atoms with E-state index in [4.69, 9.17) is 0 Å². The number of hydrogen-bond donors (Lipinski definition) is 4. The van der Waals surface area contributed by atoms with Gasteiger partial charge >= 0.3 is 0 Å². The Bertz CT molecular complexity index is 1870. The van der Waals surface area contributed by atoms with E-state index in [0.717, 1.165) is 0 Å². The normalized spacial score (nSPS) is 12.1. The largest absolute Gasteiger partial charge is 0.294 e. The van der Waals surface area contributed by atoms with Gasteiger partial charge in [-0.3, -0.25) is 20.0 Å². The predicted octanol–water partition coefficient (Wildman–Crippen LogP) is 6.33. The summed E-state index contributed by atoms with van der Waals surface area (Å²) in [6, 6.07) is 25.7. The van der Waals surface area contributed by atoms with Crippen LogP contribution in [0.4, 0.5) is 22.7 Å². The predicted molar refractivity (Wildman–Crippen MR) is 156 cm³/mol. The van der Waals surface area contributed by atoms with Crippen LogP contribution < -0.4 is 10.9 Å². The molecule has 0 aliphatic carbocycles. The molecule has 0 saturated carbocycles. The van der Waals surface area contributed by atoms with Gasteiger partial charge in [0.15, 0.2) is 0 Å². The summed E-state index contributed by atoms with van der Waals surface area (Å²) in [6.45, 7) is 0. The molecule has 5 rings (SSSR count). The van der Waals surface area contributed by atoms with Gasteiger partial charge in [0, 0.05) is 40.3 Å². The van der Waals surface area contributed by atoms with Crippen LogP contribution in [0.15, 0.2) is 128 Å². The Balaban J connectivity index is 0.00000387. The Kier molecular flexibility index (Phi) is 9.14. The second kappa shape index (κ2) is 12.4. The summed E-state index contributed by atoms with van der Waals surface area (Å²) in [6.07, 6.45) is 0. The second-order valence-corrected chi connectivity index (χ2v) is 11.3. The van der Waals surface area contributed by atoms with Gasteiger partial charge in [0.2, 0.25) is 0 Å². The number of anilines is 2. The molecule has 5 aromatic carbocycles. The summed E-state index contributed by atoms with van der Waals surface area (Å²) < 4.78 is 64.1.